The van der Waals surface area contributed by atoms with Crippen LogP contribution in [0.2, 0.25) is 0 Å². The van der Waals surface area contributed by atoms with Crippen molar-refractivity contribution in [1.29, 1.82) is 0 Å². The van der Waals surface area contributed by atoms with Gasteiger partial charge in [-0.1, -0.05) is 0 Å². The first-order chi connectivity index (χ1) is 7.08. The SMILES string of the molecule is Cc1ccn(C(C)(CN)C2CC2)c(=O)c1. The van der Waals surface area contributed by atoms with Gasteiger partial charge >= 0.3 is 0 Å². The van der Waals surface area contributed by atoms with Gasteiger partial charge in [0.15, 0.2) is 0 Å². The lowest BCUT2D eigenvalue weighted by atomic mass is 9.95. The Balaban J connectivity index is 2.47. The van der Waals surface area contributed by atoms with Crippen LogP contribution in [0.5, 0.6) is 0 Å². The minimum absolute atomic E-state index is 0.0647. The van der Waals surface area contributed by atoms with Crippen LogP contribution in [0, 0.1) is 12.8 Å². The zero-order valence-electron chi connectivity index (χ0n) is 9.36. The average Bonchev–Trinajstić information content (AvgIpc) is 3.00. The molecule has 0 spiro atoms. The van der Waals surface area contributed by atoms with E-state index in [2.05, 4.69) is 6.92 Å². The van der Waals surface area contributed by atoms with Crippen LogP contribution in [0.1, 0.15) is 25.3 Å². The summed E-state index contributed by atoms with van der Waals surface area (Å²) in [5.41, 5.74) is 6.71. The second kappa shape index (κ2) is 3.49. The number of hydrogen-bond acceptors (Lipinski definition) is 2. The molecule has 0 radical (unpaired) electrons. The van der Waals surface area contributed by atoms with Gasteiger partial charge in [0.2, 0.25) is 0 Å². The number of nitrogens with zero attached hydrogens (tertiary/aromatic N) is 1. The minimum atomic E-state index is -0.190. The van der Waals surface area contributed by atoms with Crippen molar-refractivity contribution >= 4 is 0 Å². The molecule has 0 aromatic carbocycles. The molecule has 2 N–H and O–H groups in total. The number of nitrogens with two attached hydrogens (primary N) is 1. The first-order valence-corrected chi connectivity index (χ1v) is 5.48. The molecule has 1 fully saturated rings. The fourth-order valence-corrected chi connectivity index (χ4v) is 2.17. The highest BCUT2D eigenvalue weighted by Gasteiger charge is 2.42. The van der Waals surface area contributed by atoms with Crippen molar-refractivity contribution in [1.82, 2.24) is 4.57 Å². The molecule has 1 aliphatic rings. The van der Waals surface area contributed by atoms with Crippen molar-refractivity contribution in [2.75, 3.05) is 6.54 Å². The first kappa shape index (κ1) is 10.4. The standard InChI is InChI=1S/C12H18N2O/c1-9-5-6-14(11(15)7-9)12(2,8-13)10-3-4-10/h5-7,10H,3-4,8,13H2,1-2H3. The van der Waals surface area contributed by atoms with Gasteiger partial charge in [-0.2, -0.15) is 0 Å². The Morgan fingerprint density at radius 2 is 2.27 bits per heavy atom. The van der Waals surface area contributed by atoms with Crippen LogP contribution in [0.3, 0.4) is 0 Å². The van der Waals surface area contributed by atoms with E-state index < -0.39 is 0 Å². The van der Waals surface area contributed by atoms with Gasteiger partial charge in [-0.25, -0.2) is 0 Å². The molecule has 1 aromatic rings. The monoisotopic (exact) mass is 206 g/mol. The molecule has 0 bridgehead atoms. The van der Waals surface area contributed by atoms with Gasteiger partial charge in [0, 0.05) is 18.8 Å². The lowest BCUT2D eigenvalue weighted by Gasteiger charge is -2.30. The maximum atomic E-state index is 11.9. The molecule has 1 heterocycles. The molecule has 3 nitrogen and oxygen atoms in total. The summed E-state index contributed by atoms with van der Waals surface area (Å²) in [6.07, 6.45) is 4.25. The number of pyridine rings is 1. The summed E-state index contributed by atoms with van der Waals surface area (Å²) in [5, 5.41) is 0. The largest absolute Gasteiger partial charge is 0.328 e. The third-order valence-corrected chi connectivity index (χ3v) is 3.50. The smallest absolute Gasteiger partial charge is 0.251 e. The molecule has 2 rings (SSSR count). The minimum Gasteiger partial charge on any atom is -0.328 e. The van der Waals surface area contributed by atoms with E-state index in [-0.39, 0.29) is 11.1 Å². The molecule has 1 aromatic heterocycles. The molecule has 15 heavy (non-hydrogen) atoms. The maximum Gasteiger partial charge on any atom is 0.251 e. The van der Waals surface area contributed by atoms with E-state index in [0.717, 1.165) is 5.56 Å². The second-order valence-electron chi connectivity index (χ2n) is 4.75. The Morgan fingerprint density at radius 3 is 2.73 bits per heavy atom. The number of hydrogen-bond donors (Lipinski definition) is 1. The molecule has 0 saturated heterocycles. The van der Waals surface area contributed by atoms with Gasteiger partial charge in [-0.05, 0) is 44.2 Å². The quantitative estimate of drug-likeness (QED) is 0.809. The van der Waals surface area contributed by atoms with Gasteiger partial charge in [0.25, 0.3) is 5.56 Å². The molecule has 3 heteroatoms. The summed E-state index contributed by atoms with van der Waals surface area (Å²) in [5.74, 6) is 0.572. The molecule has 1 atom stereocenters. The van der Waals surface area contributed by atoms with Gasteiger partial charge in [0.05, 0.1) is 5.54 Å². The van der Waals surface area contributed by atoms with Crippen molar-refractivity contribution in [3.05, 3.63) is 34.2 Å². The highest BCUT2D eigenvalue weighted by atomic mass is 16.1. The van der Waals surface area contributed by atoms with Crippen LogP contribution in [0.4, 0.5) is 0 Å². The van der Waals surface area contributed by atoms with E-state index in [1.807, 2.05) is 19.2 Å². The van der Waals surface area contributed by atoms with Crippen molar-refractivity contribution in [2.24, 2.45) is 11.7 Å². The molecular formula is C12H18N2O. The Hall–Kier alpha value is -1.09. The summed E-state index contributed by atoms with van der Waals surface area (Å²) in [4.78, 5) is 11.9. The molecule has 0 amide bonds. The van der Waals surface area contributed by atoms with Crippen molar-refractivity contribution in [3.63, 3.8) is 0 Å². The summed E-state index contributed by atoms with van der Waals surface area (Å²) < 4.78 is 1.80. The highest BCUT2D eigenvalue weighted by Crippen LogP contribution is 2.42. The van der Waals surface area contributed by atoms with Gasteiger partial charge in [-0.3, -0.25) is 4.79 Å². The zero-order chi connectivity index (χ0) is 11.1. The van der Waals surface area contributed by atoms with E-state index in [1.165, 1.54) is 12.8 Å². The van der Waals surface area contributed by atoms with Gasteiger partial charge in [-0.15, -0.1) is 0 Å². The van der Waals surface area contributed by atoms with E-state index in [4.69, 9.17) is 5.73 Å². The fourth-order valence-electron chi connectivity index (χ4n) is 2.17. The van der Waals surface area contributed by atoms with E-state index in [9.17, 15) is 4.79 Å². The van der Waals surface area contributed by atoms with Crippen LogP contribution >= 0.6 is 0 Å². The normalized spacial score (nSPS) is 19.9. The first-order valence-electron chi connectivity index (χ1n) is 5.48. The van der Waals surface area contributed by atoms with Crippen LogP contribution < -0.4 is 11.3 Å². The third-order valence-electron chi connectivity index (χ3n) is 3.50. The Bertz CT molecular complexity index is 420. The highest BCUT2D eigenvalue weighted by molar-refractivity contribution is 5.11. The van der Waals surface area contributed by atoms with E-state index in [1.54, 1.807) is 10.6 Å². The number of aromatic nitrogens is 1. The Labute approximate surface area is 89.9 Å². The van der Waals surface area contributed by atoms with E-state index in [0.29, 0.717) is 12.5 Å². The van der Waals surface area contributed by atoms with Crippen LogP contribution in [0.15, 0.2) is 23.1 Å². The number of rotatable bonds is 3. The Kier molecular flexibility index (Phi) is 2.43. The van der Waals surface area contributed by atoms with E-state index >= 15 is 0 Å². The molecular weight excluding hydrogens is 188 g/mol. The van der Waals surface area contributed by atoms with Crippen molar-refractivity contribution in [3.8, 4) is 0 Å². The lowest BCUT2D eigenvalue weighted by molar-refractivity contribution is 0.272. The molecule has 82 valence electrons. The van der Waals surface area contributed by atoms with Crippen molar-refractivity contribution < 1.29 is 0 Å². The zero-order valence-corrected chi connectivity index (χ0v) is 9.36. The molecule has 1 unspecified atom stereocenters. The topological polar surface area (TPSA) is 48.0 Å². The molecule has 1 aliphatic carbocycles. The maximum absolute atomic E-state index is 11.9. The summed E-state index contributed by atoms with van der Waals surface area (Å²) in [6, 6.07) is 3.65. The van der Waals surface area contributed by atoms with Gasteiger partial charge in [0.1, 0.15) is 0 Å². The number of aryl methyl sites for hydroxylation is 1. The summed E-state index contributed by atoms with van der Waals surface area (Å²) in [6.45, 7) is 4.55. The summed E-state index contributed by atoms with van der Waals surface area (Å²) >= 11 is 0. The lowest BCUT2D eigenvalue weighted by Crippen LogP contribution is -2.45. The predicted molar refractivity (Wildman–Crippen MR) is 60.9 cm³/mol. The summed E-state index contributed by atoms with van der Waals surface area (Å²) in [7, 11) is 0. The second-order valence-corrected chi connectivity index (χ2v) is 4.75. The predicted octanol–water partition coefficient (Wildman–Crippen LogP) is 1.24. The van der Waals surface area contributed by atoms with Crippen molar-refractivity contribution in [2.45, 2.75) is 32.2 Å². The molecule has 1 saturated carbocycles. The van der Waals surface area contributed by atoms with Crippen LogP contribution in [-0.4, -0.2) is 11.1 Å². The Morgan fingerprint density at radius 1 is 1.60 bits per heavy atom. The third kappa shape index (κ3) is 1.72. The van der Waals surface area contributed by atoms with Gasteiger partial charge < -0.3 is 10.3 Å². The van der Waals surface area contributed by atoms with Crippen LogP contribution in [0.25, 0.3) is 0 Å². The van der Waals surface area contributed by atoms with Crippen LogP contribution in [-0.2, 0) is 5.54 Å². The average molecular weight is 206 g/mol. The molecule has 0 aliphatic heterocycles. The fraction of sp³-hybridized carbons (Fsp3) is 0.583.